The summed E-state index contributed by atoms with van der Waals surface area (Å²) in [6.45, 7) is 11.0. The van der Waals surface area contributed by atoms with Crippen molar-refractivity contribution in [3.63, 3.8) is 0 Å². The van der Waals surface area contributed by atoms with Crippen molar-refractivity contribution in [1.29, 1.82) is 0 Å². The molecule has 0 unspecified atom stereocenters. The Bertz CT molecular complexity index is 7070. The number of amides is 2. The second-order valence-electron chi connectivity index (χ2n) is 31.2. The van der Waals surface area contributed by atoms with E-state index in [-0.39, 0.29) is 73.1 Å². The molecule has 678 valence electrons. The number of benzene rings is 8. The van der Waals surface area contributed by atoms with Gasteiger partial charge in [-0.3, -0.25) is 34.0 Å². The number of phenols is 3. The van der Waals surface area contributed by atoms with Crippen LogP contribution in [0.2, 0.25) is 0 Å². The Kier molecular flexibility index (Phi) is 28.8. The maximum Gasteiger partial charge on any atom is 0.524 e. The maximum absolute atomic E-state index is 11.9. The number of unbranched alkanes of at least 4 members (excludes halogenated alkanes) is 4. The number of imide groups is 1. The Balaban J connectivity index is 0.000000140. The fourth-order valence-electron chi connectivity index (χ4n) is 15.8. The number of phenolic OH excluding ortho intramolecular Hbond substituents is 3. The molecule has 17 rings (SSSR count). The number of carbonyl (C=O) groups is 2. The molecule has 39 heteroatoms. The number of rotatable bonds is 31. The van der Waals surface area contributed by atoms with Gasteiger partial charge in [0, 0.05) is 89.8 Å². The van der Waals surface area contributed by atoms with Crippen LogP contribution in [0.25, 0.3) is 87.7 Å². The maximum atomic E-state index is 11.9. The van der Waals surface area contributed by atoms with Crippen LogP contribution in [0.5, 0.6) is 34.5 Å². The van der Waals surface area contributed by atoms with E-state index in [0.29, 0.717) is 99.3 Å². The monoisotopic (exact) mass is 1830 g/mol. The lowest BCUT2D eigenvalue weighted by atomic mass is 10.0. The second kappa shape index (κ2) is 40.2. The highest BCUT2D eigenvalue weighted by atomic mass is 31.2. The van der Waals surface area contributed by atoms with E-state index in [0.717, 1.165) is 169 Å². The number of aryl methyl sites for hydroxylation is 5. The van der Waals surface area contributed by atoms with Crippen molar-refractivity contribution >= 4 is 146 Å². The molecule has 1 aliphatic rings. The molecule has 36 nitrogen and oxygen atoms in total. The van der Waals surface area contributed by atoms with E-state index < -0.39 is 30.3 Å². The van der Waals surface area contributed by atoms with Crippen molar-refractivity contribution in [3.8, 4) is 34.5 Å². The first kappa shape index (κ1) is 93.0. The predicted octanol–water partition coefficient (Wildman–Crippen LogP) is 15.6. The molecule has 0 radical (unpaired) electrons. The summed E-state index contributed by atoms with van der Waals surface area (Å²) in [7, 11) is -14.3. The number of nitrogens with zero attached hydrogens (tertiary/aromatic N) is 13. The Hall–Kier alpha value is -13.2. The number of pyridine rings is 4. The number of imidazole rings is 4. The van der Waals surface area contributed by atoms with Crippen LogP contribution in [-0.4, -0.2) is 126 Å². The van der Waals surface area contributed by atoms with Crippen LogP contribution < -0.4 is 36.7 Å². The Labute approximate surface area is 744 Å². The number of fused-ring (bicyclic) bond motifs is 12. The third-order valence-corrected chi connectivity index (χ3v) is 23.1. The molecule has 16 aromatic rings. The molecule has 8 aromatic carbocycles. The van der Waals surface area contributed by atoms with Gasteiger partial charge in [-0.05, 0) is 104 Å². The van der Waals surface area contributed by atoms with Crippen LogP contribution in [-0.2, 0) is 91.1 Å². The molecule has 0 spiro atoms. The summed E-state index contributed by atoms with van der Waals surface area (Å²) in [5.41, 5.74) is 37.9. The number of nitrogens with two attached hydrogens (primary N) is 4. The number of aromatic nitrogens is 12. The van der Waals surface area contributed by atoms with Crippen molar-refractivity contribution in [2.24, 2.45) is 0 Å². The summed E-state index contributed by atoms with van der Waals surface area (Å²) in [6, 6.07) is 51.1. The fourth-order valence-corrected chi connectivity index (χ4v) is 16.8. The largest absolute Gasteiger partial charge is 0.524 e. The average Bonchev–Trinajstić information content (AvgIpc) is 1.61. The molecular formula is C91H100N17O19P3. The number of anilines is 4. The zero-order valence-electron chi connectivity index (χ0n) is 71.9. The molecule has 130 heavy (non-hydrogen) atoms. The number of carbonyl (C=O) groups excluding carboxylic acids is 2. The molecule has 8 aromatic heterocycles. The van der Waals surface area contributed by atoms with Crippen LogP contribution >= 0.6 is 23.5 Å². The lowest BCUT2D eigenvalue weighted by Crippen LogP contribution is -2.29. The van der Waals surface area contributed by atoms with Gasteiger partial charge < -0.3 is 80.1 Å². The molecule has 1 saturated heterocycles. The Morgan fingerprint density at radius 3 is 1.20 bits per heavy atom. The van der Waals surface area contributed by atoms with E-state index in [9.17, 15) is 48.4 Å². The molecule has 0 aliphatic carbocycles. The van der Waals surface area contributed by atoms with Gasteiger partial charge in [-0.1, -0.05) is 169 Å². The number of phosphoric acid groups is 3. The topological polar surface area (TPSA) is 544 Å². The first-order valence-electron chi connectivity index (χ1n) is 42.3. The van der Waals surface area contributed by atoms with Crippen LogP contribution in [0.4, 0.5) is 23.3 Å². The minimum Gasteiger partial charge on any atom is -0.507 e. The molecule has 1 aliphatic heterocycles. The molecule has 2 amide bonds. The second-order valence-corrected chi connectivity index (χ2v) is 34.8. The van der Waals surface area contributed by atoms with Gasteiger partial charge in [-0.15, -0.1) is 0 Å². The van der Waals surface area contributed by atoms with Gasteiger partial charge in [-0.2, -0.15) is 5.06 Å². The highest BCUT2D eigenvalue weighted by Crippen LogP contribution is 2.47. The third kappa shape index (κ3) is 21.4. The Morgan fingerprint density at radius 1 is 0.400 bits per heavy atom. The Morgan fingerprint density at radius 2 is 0.785 bits per heavy atom. The van der Waals surface area contributed by atoms with E-state index >= 15 is 0 Å². The van der Waals surface area contributed by atoms with Crippen molar-refractivity contribution in [2.75, 3.05) is 29.7 Å². The zero-order valence-corrected chi connectivity index (χ0v) is 74.6. The summed E-state index contributed by atoms with van der Waals surface area (Å²) in [4.78, 5) is 121. The van der Waals surface area contributed by atoms with E-state index in [1.54, 1.807) is 30.3 Å². The van der Waals surface area contributed by atoms with Gasteiger partial charge in [0.2, 0.25) is 0 Å². The highest BCUT2D eigenvalue weighted by molar-refractivity contribution is 7.47. The van der Waals surface area contributed by atoms with Crippen molar-refractivity contribution < 1.29 is 91.1 Å². The fraction of sp³-hybridized carbons (Fsp3) is 0.275. The van der Waals surface area contributed by atoms with Gasteiger partial charge in [0.15, 0.2) is 53.1 Å². The minimum absolute atomic E-state index is 0.0819. The van der Waals surface area contributed by atoms with Gasteiger partial charge in [0.05, 0.1) is 57.2 Å². The lowest BCUT2D eigenvalue weighted by Gasteiger charge is -2.17. The van der Waals surface area contributed by atoms with Crippen molar-refractivity contribution in [1.82, 2.24) is 63.2 Å². The van der Waals surface area contributed by atoms with E-state index in [1.807, 2.05) is 143 Å². The summed E-state index contributed by atoms with van der Waals surface area (Å²) in [6.07, 6.45) is 11.1. The number of nitrogen functional groups attached to an aromatic ring is 4. The van der Waals surface area contributed by atoms with Gasteiger partial charge in [0.25, 0.3) is 11.8 Å². The molecule has 0 atom stereocenters. The number of hydrogen-bond donors (Lipinski definition) is 13. The van der Waals surface area contributed by atoms with Crippen LogP contribution in [0.3, 0.4) is 0 Å². The number of ether oxygens (including phenoxy) is 1. The highest BCUT2D eigenvalue weighted by Gasteiger charge is 2.32. The third-order valence-electron chi connectivity index (χ3n) is 21.8. The van der Waals surface area contributed by atoms with E-state index in [2.05, 4.69) is 65.8 Å². The molecule has 9 heterocycles. The standard InChI is InChI=1S/C27H29N5O4.C22H25N4O5P.2C21H23N4O5P/c1-3-4-9-21-30-24-25(19-7-5-6-8-20(19)29-27(24)28)31(21)14-17-12-16(2)26(35)18(13-17)15-36-32-22(33)10-11-23(32)34;1-2-3-11-19-25-20-21(17-9-4-5-10-18(17)24-22(20)23)26(19)13-15-7-6-8-16(12-15)30-14-31-32(27,28)29;1-2-3-11-17-24-18-19(14-8-4-5-9-15(14)23-21(18)22)25(17)12-13-7-6-10-16(20(13)26)30-31(27,28)29;1-2-3-11-17-24-18-19(14-8-4-5-9-15(14)23-21(18)22)25(17)12-13-7-6-10-16(26)20(13)30-31(27,28)29/h5-8,12-13,35H,3-4,9-11,14-15H2,1-2H3,(H2,28,29);4-10,12H,2-3,11,13-14H2,1H3,(H2,23,24)(H2,27,28,29);2*4-10,26H,2-3,11-12H2,1H3,(H2,22,23)(H2,27,28,29). The van der Waals surface area contributed by atoms with Gasteiger partial charge in [0.1, 0.15) is 63.5 Å². The molecule has 0 saturated carbocycles. The summed E-state index contributed by atoms with van der Waals surface area (Å²) < 4.78 is 61.0. The number of hydroxylamine groups is 2. The average molecular weight is 1830 g/mol. The first-order valence-corrected chi connectivity index (χ1v) is 46.9. The van der Waals surface area contributed by atoms with E-state index in [4.69, 9.17) is 76.5 Å². The SMILES string of the molecule is CCCCc1nc2c(N)nc3ccccc3c2n1Cc1cc(C)c(O)c(CON2C(=O)CCC2=O)c1.CCCCc1nc2c(N)nc3ccccc3c2n1Cc1cccc(O)c1OP(=O)(O)O.CCCCc1nc2c(N)nc3ccccc3c2n1Cc1cccc(OCOP(=O)(O)O)c1.CCCCc1nc2c(N)nc3ccccc3c2n1Cc1cccc(OP(=O)(O)O)c1O. The normalized spacial score (nSPS) is 12.5. The molecule has 0 bridgehead atoms. The van der Waals surface area contributed by atoms with Crippen LogP contribution in [0.1, 0.15) is 149 Å². The zero-order chi connectivity index (χ0) is 92.5. The number of phosphoric ester groups is 3. The number of para-hydroxylation sites is 6. The first-order chi connectivity index (χ1) is 62.3. The lowest BCUT2D eigenvalue weighted by molar-refractivity contribution is -0.191. The van der Waals surface area contributed by atoms with E-state index in [1.165, 1.54) is 12.1 Å². The minimum atomic E-state index is -4.87. The summed E-state index contributed by atoms with van der Waals surface area (Å²) in [5.74, 6) is 3.44. The smallest absolute Gasteiger partial charge is 0.507 e. The molecule has 17 N–H and O–H groups in total. The molecule has 1 fully saturated rings. The van der Waals surface area contributed by atoms with Crippen LogP contribution in [0, 0.1) is 6.92 Å². The molecular weight excluding hydrogens is 1730 g/mol. The number of hydrogen-bond acceptors (Lipinski definition) is 25. The number of aromatic hydroxyl groups is 3. The summed E-state index contributed by atoms with van der Waals surface area (Å²) in [5, 5.41) is 36.0. The van der Waals surface area contributed by atoms with Gasteiger partial charge in [-0.25, -0.2) is 58.1 Å². The van der Waals surface area contributed by atoms with Crippen LogP contribution in [0.15, 0.2) is 170 Å². The van der Waals surface area contributed by atoms with Crippen molar-refractivity contribution in [2.45, 2.75) is 157 Å². The quantitative estimate of drug-likeness (QED) is 0.0109. The summed E-state index contributed by atoms with van der Waals surface area (Å²) >= 11 is 0. The van der Waals surface area contributed by atoms with Crippen molar-refractivity contribution in [3.05, 3.63) is 227 Å². The van der Waals surface area contributed by atoms with Gasteiger partial charge >= 0.3 is 23.5 Å². The predicted molar refractivity (Wildman–Crippen MR) is 494 cm³/mol.